The second-order valence-corrected chi connectivity index (χ2v) is 5.53. The Morgan fingerprint density at radius 1 is 1.33 bits per heavy atom. The van der Waals surface area contributed by atoms with Crippen molar-refractivity contribution in [2.24, 2.45) is 0 Å². The predicted octanol–water partition coefficient (Wildman–Crippen LogP) is 0.352. The van der Waals surface area contributed by atoms with Gasteiger partial charge in [-0.2, -0.15) is 12.7 Å². The smallest absolute Gasteiger partial charge is 0.201 e. The quantitative estimate of drug-likeness (QED) is 0.602. The van der Waals surface area contributed by atoms with Crippen LogP contribution in [0.1, 0.15) is 12.8 Å². The molecule has 1 rings (SSSR count). The maximum absolute atomic E-state index is 11.4. The van der Waals surface area contributed by atoms with Crippen LogP contribution in [0, 0.1) is 0 Å². The molecule has 1 fully saturated rings. The van der Waals surface area contributed by atoms with E-state index in [4.69, 9.17) is 0 Å². The van der Waals surface area contributed by atoms with Crippen LogP contribution in [-0.2, 0) is 10.2 Å². The molecule has 4 nitrogen and oxygen atoms in total. The molecule has 0 spiro atoms. The topological polar surface area (TPSA) is 49.4 Å². The minimum atomic E-state index is -3.14. The Hall–Kier alpha value is 0.600. The molecular formula is C6H13IN2O2S. The molecule has 0 aromatic carbocycles. The molecule has 0 aromatic rings. The van der Waals surface area contributed by atoms with Gasteiger partial charge < -0.3 is 0 Å². The van der Waals surface area contributed by atoms with E-state index < -0.39 is 10.2 Å². The first-order valence-corrected chi connectivity index (χ1v) is 6.94. The van der Waals surface area contributed by atoms with Gasteiger partial charge in [-0.15, -0.1) is 0 Å². The van der Waals surface area contributed by atoms with Crippen molar-refractivity contribution in [3.05, 3.63) is 0 Å². The van der Waals surface area contributed by atoms with Crippen molar-refractivity contribution in [2.45, 2.75) is 12.8 Å². The zero-order valence-electron chi connectivity index (χ0n) is 6.79. The number of hydrogen-bond donors (Lipinski definition) is 1. The SMILES string of the molecule is O=S(=O)(NCCI)N1CCCC1. The minimum Gasteiger partial charge on any atom is -0.201 e. The molecule has 0 atom stereocenters. The second kappa shape index (κ2) is 4.73. The third-order valence-electron chi connectivity index (χ3n) is 1.78. The van der Waals surface area contributed by atoms with Crippen molar-refractivity contribution in [3.8, 4) is 0 Å². The summed E-state index contributed by atoms with van der Waals surface area (Å²) in [4.78, 5) is 0. The summed E-state index contributed by atoms with van der Waals surface area (Å²) in [6, 6.07) is 0. The summed E-state index contributed by atoms with van der Waals surface area (Å²) in [6.45, 7) is 1.88. The van der Waals surface area contributed by atoms with Crippen molar-refractivity contribution in [1.29, 1.82) is 0 Å². The number of rotatable bonds is 4. The van der Waals surface area contributed by atoms with Crippen LogP contribution in [0.4, 0.5) is 0 Å². The summed E-state index contributed by atoms with van der Waals surface area (Å²) >= 11 is 2.15. The van der Waals surface area contributed by atoms with E-state index in [9.17, 15) is 8.42 Å². The van der Waals surface area contributed by atoms with Crippen LogP contribution in [0.25, 0.3) is 0 Å². The largest absolute Gasteiger partial charge is 0.279 e. The molecule has 1 aliphatic heterocycles. The summed E-state index contributed by atoms with van der Waals surface area (Å²) in [5.74, 6) is 0. The highest BCUT2D eigenvalue weighted by molar-refractivity contribution is 14.1. The van der Waals surface area contributed by atoms with Crippen LogP contribution in [0.5, 0.6) is 0 Å². The average molecular weight is 304 g/mol. The Kier molecular flexibility index (Phi) is 4.21. The molecule has 1 aliphatic rings. The van der Waals surface area contributed by atoms with Gasteiger partial charge in [0.2, 0.25) is 0 Å². The van der Waals surface area contributed by atoms with Crippen molar-refractivity contribution in [2.75, 3.05) is 24.1 Å². The number of nitrogens with zero attached hydrogens (tertiary/aromatic N) is 1. The Bertz CT molecular complexity index is 224. The first-order valence-electron chi connectivity index (χ1n) is 3.97. The third kappa shape index (κ3) is 2.82. The Balaban J connectivity index is 2.46. The van der Waals surface area contributed by atoms with E-state index in [1.54, 1.807) is 0 Å². The van der Waals surface area contributed by atoms with E-state index in [2.05, 4.69) is 27.3 Å². The number of nitrogens with one attached hydrogen (secondary N) is 1. The van der Waals surface area contributed by atoms with Crippen LogP contribution in [0.2, 0.25) is 0 Å². The Morgan fingerprint density at radius 2 is 1.92 bits per heavy atom. The van der Waals surface area contributed by atoms with Crippen molar-refractivity contribution in [3.63, 3.8) is 0 Å². The molecule has 0 aromatic heterocycles. The predicted molar refractivity (Wildman–Crippen MR) is 56.6 cm³/mol. The fourth-order valence-electron chi connectivity index (χ4n) is 1.19. The summed E-state index contributed by atoms with van der Waals surface area (Å²) < 4.78 is 27.7. The lowest BCUT2D eigenvalue weighted by molar-refractivity contribution is 0.467. The van der Waals surface area contributed by atoms with Crippen LogP contribution in [-0.4, -0.2) is 36.8 Å². The van der Waals surface area contributed by atoms with Gasteiger partial charge in [0.25, 0.3) is 10.2 Å². The summed E-state index contributed by atoms with van der Waals surface area (Å²) in [6.07, 6.45) is 1.98. The van der Waals surface area contributed by atoms with E-state index in [0.29, 0.717) is 19.6 Å². The van der Waals surface area contributed by atoms with Gasteiger partial charge in [-0.05, 0) is 12.8 Å². The normalized spacial score (nSPS) is 20.1. The second-order valence-electron chi connectivity index (χ2n) is 2.69. The summed E-state index contributed by atoms with van der Waals surface area (Å²) in [5, 5.41) is 0. The minimum absolute atomic E-state index is 0.527. The molecule has 0 amide bonds. The van der Waals surface area contributed by atoms with Gasteiger partial charge in [0, 0.05) is 24.1 Å². The van der Waals surface area contributed by atoms with Gasteiger partial charge in [0.15, 0.2) is 0 Å². The molecular weight excluding hydrogens is 291 g/mol. The van der Waals surface area contributed by atoms with E-state index >= 15 is 0 Å². The molecule has 1 saturated heterocycles. The lowest BCUT2D eigenvalue weighted by Crippen LogP contribution is -2.39. The third-order valence-corrected chi connectivity index (χ3v) is 3.94. The van der Waals surface area contributed by atoms with Gasteiger partial charge in [-0.1, -0.05) is 22.6 Å². The molecule has 6 heteroatoms. The first-order chi connectivity index (χ1) is 5.67. The van der Waals surface area contributed by atoms with Crippen molar-refractivity contribution >= 4 is 32.8 Å². The van der Waals surface area contributed by atoms with Crippen molar-refractivity contribution in [1.82, 2.24) is 9.03 Å². The van der Waals surface area contributed by atoms with Crippen LogP contribution < -0.4 is 4.72 Å². The lowest BCUT2D eigenvalue weighted by atomic mass is 10.4. The maximum atomic E-state index is 11.4. The van der Waals surface area contributed by atoms with Gasteiger partial charge >= 0.3 is 0 Å². The fourth-order valence-corrected chi connectivity index (χ4v) is 3.10. The molecule has 12 heavy (non-hydrogen) atoms. The molecule has 0 bridgehead atoms. The van der Waals surface area contributed by atoms with E-state index in [0.717, 1.165) is 17.3 Å². The van der Waals surface area contributed by atoms with Crippen LogP contribution >= 0.6 is 22.6 Å². The number of hydrogen-bond acceptors (Lipinski definition) is 2. The van der Waals surface area contributed by atoms with Gasteiger partial charge in [0.05, 0.1) is 0 Å². The molecule has 0 unspecified atom stereocenters. The van der Waals surface area contributed by atoms with Gasteiger partial charge in [0.1, 0.15) is 0 Å². The van der Waals surface area contributed by atoms with Crippen LogP contribution in [0.15, 0.2) is 0 Å². The van der Waals surface area contributed by atoms with E-state index in [-0.39, 0.29) is 0 Å². The van der Waals surface area contributed by atoms with E-state index in [1.165, 1.54) is 4.31 Å². The molecule has 1 heterocycles. The molecule has 0 radical (unpaired) electrons. The Morgan fingerprint density at radius 3 is 2.42 bits per heavy atom. The zero-order chi connectivity index (χ0) is 9.03. The monoisotopic (exact) mass is 304 g/mol. The number of halogens is 1. The highest BCUT2D eigenvalue weighted by Crippen LogP contribution is 2.10. The summed E-state index contributed by atoms with van der Waals surface area (Å²) in [5.41, 5.74) is 0. The lowest BCUT2D eigenvalue weighted by Gasteiger charge is -2.15. The van der Waals surface area contributed by atoms with Gasteiger partial charge in [-0.3, -0.25) is 0 Å². The van der Waals surface area contributed by atoms with Crippen molar-refractivity contribution < 1.29 is 8.42 Å². The molecule has 0 aliphatic carbocycles. The average Bonchev–Trinajstić information content (AvgIpc) is 2.53. The van der Waals surface area contributed by atoms with E-state index in [1.807, 2.05) is 0 Å². The zero-order valence-corrected chi connectivity index (χ0v) is 9.77. The van der Waals surface area contributed by atoms with Crippen LogP contribution in [0.3, 0.4) is 0 Å². The number of alkyl halides is 1. The maximum Gasteiger partial charge on any atom is 0.279 e. The highest BCUT2D eigenvalue weighted by Gasteiger charge is 2.23. The molecule has 72 valence electrons. The first kappa shape index (κ1) is 10.7. The standard InChI is InChI=1S/C6H13IN2O2S/c7-3-4-8-12(10,11)9-5-1-2-6-9/h8H,1-6H2. The summed E-state index contributed by atoms with van der Waals surface area (Å²) in [7, 11) is -3.14. The van der Waals surface area contributed by atoms with Gasteiger partial charge in [-0.25, -0.2) is 4.72 Å². The highest BCUT2D eigenvalue weighted by atomic mass is 127. The fraction of sp³-hybridized carbons (Fsp3) is 1.00. The Labute approximate surface area is 87.0 Å². The molecule has 1 N–H and O–H groups in total. The molecule has 0 saturated carbocycles.